The Morgan fingerprint density at radius 3 is 2.87 bits per heavy atom. The highest BCUT2D eigenvalue weighted by Gasteiger charge is 2.20. The summed E-state index contributed by atoms with van der Waals surface area (Å²) in [6.07, 6.45) is 8.75. The first-order valence-electron chi connectivity index (χ1n) is 5.48. The number of rotatable bonds is 2. The third-order valence-corrected chi connectivity index (χ3v) is 4.04. The molecule has 0 aliphatic heterocycles. The Balaban J connectivity index is 1.93. The van der Waals surface area contributed by atoms with Gasteiger partial charge in [-0.05, 0) is 18.8 Å². The lowest BCUT2D eigenvalue weighted by atomic mass is 9.91. The van der Waals surface area contributed by atoms with Crippen LogP contribution in [0, 0.1) is 5.92 Å². The molecule has 82 valence electrons. The Morgan fingerprint density at radius 1 is 1.33 bits per heavy atom. The minimum absolute atomic E-state index is 0.497. The van der Waals surface area contributed by atoms with E-state index in [2.05, 4.69) is 16.9 Å². The molecule has 3 nitrogen and oxygen atoms in total. The molecule has 0 saturated heterocycles. The van der Waals surface area contributed by atoms with Crippen LogP contribution < -0.4 is 5.73 Å². The average Bonchev–Trinajstić information content (AvgIpc) is 2.22. The summed E-state index contributed by atoms with van der Waals surface area (Å²) in [5, 5.41) is 1.72. The van der Waals surface area contributed by atoms with E-state index in [0.717, 1.165) is 10.9 Å². The second-order valence-electron chi connectivity index (χ2n) is 4.29. The summed E-state index contributed by atoms with van der Waals surface area (Å²) in [6.45, 7) is 2.33. The quantitative estimate of drug-likeness (QED) is 0.837. The molecule has 2 rings (SSSR count). The van der Waals surface area contributed by atoms with Crippen LogP contribution in [-0.4, -0.2) is 15.2 Å². The standard InChI is InChI=1S/C11H17N3S/c1-8-3-2-4-9(5-8)15-11-7-13-10(12)6-14-11/h6-9H,2-5H2,1H3,(H2,12,13). The maximum atomic E-state index is 5.50. The molecule has 15 heavy (non-hydrogen) atoms. The molecule has 4 heteroatoms. The van der Waals surface area contributed by atoms with Gasteiger partial charge >= 0.3 is 0 Å². The Bertz CT molecular complexity index is 312. The lowest BCUT2D eigenvalue weighted by Crippen LogP contribution is -2.15. The zero-order valence-electron chi connectivity index (χ0n) is 9.02. The van der Waals surface area contributed by atoms with Crippen molar-refractivity contribution >= 4 is 17.6 Å². The smallest absolute Gasteiger partial charge is 0.141 e. The highest BCUT2D eigenvalue weighted by molar-refractivity contribution is 7.99. The van der Waals surface area contributed by atoms with Crippen LogP contribution in [0.1, 0.15) is 32.6 Å². The lowest BCUT2D eigenvalue weighted by Gasteiger charge is -2.25. The summed E-state index contributed by atoms with van der Waals surface area (Å²) in [7, 11) is 0. The number of nitrogen functional groups attached to an aromatic ring is 1. The molecule has 0 amide bonds. The number of hydrogen-bond acceptors (Lipinski definition) is 4. The highest BCUT2D eigenvalue weighted by atomic mass is 32.2. The van der Waals surface area contributed by atoms with Crippen LogP contribution >= 0.6 is 11.8 Å². The molecule has 1 fully saturated rings. The van der Waals surface area contributed by atoms with Crippen molar-refractivity contribution in [1.82, 2.24) is 9.97 Å². The largest absolute Gasteiger partial charge is 0.382 e. The summed E-state index contributed by atoms with van der Waals surface area (Å²) in [5.74, 6) is 1.36. The fourth-order valence-electron chi connectivity index (χ4n) is 2.04. The van der Waals surface area contributed by atoms with Gasteiger partial charge in [-0.1, -0.05) is 19.8 Å². The van der Waals surface area contributed by atoms with Crippen LogP contribution in [0.4, 0.5) is 5.82 Å². The Kier molecular flexibility index (Phi) is 3.46. The molecule has 0 radical (unpaired) electrons. The van der Waals surface area contributed by atoms with E-state index in [1.165, 1.54) is 25.7 Å². The van der Waals surface area contributed by atoms with Crippen LogP contribution in [0.15, 0.2) is 17.4 Å². The maximum absolute atomic E-state index is 5.50. The SMILES string of the molecule is CC1CCCC(Sc2cnc(N)cn2)C1. The third kappa shape index (κ3) is 3.09. The van der Waals surface area contributed by atoms with Gasteiger partial charge in [0.05, 0.1) is 12.4 Å². The van der Waals surface area contributed by atoms with Gasteiger partial charge in [0.15, 0.2) is 0 Å². The predicted molar refractivity (Wildman–Crippen MR) is 63.7 cm³/mol. The van der Waals surface area contributed by atoms with Gasteiger partial charge in [0.25, 0.3) is 0 Å². The highest BCUT2D eigenvalue weighted by Crippen LogP contribution is 2.34. The van der Waals surface area contributed by atoms with Crippen LogP contribution in [0.3, 0.4) is 0 Å². The number of nitrogens with zero attached hydrogens (tertiary/aromatic N) is 2. The van der Waals surface area contributed by atoms with E-state index in [0.29, 0.717) is 11.1 Å². The van der Waals surface area contributed by atoms with E-state index in [4.69, 9.17) is 5.73 Å². The molecule has 0 spiro atoms. The first-order valence-corrected chi connectivity index (χ1v) is 6.36. The second-order valence-corrected chi connectivity index (χ2v) is 5.61. The van der Waals surface area contributed by atoms with Gasteiger partial charge in [0, 0.05) is 5.25 Å². The molecule has 0 aromatic carbocycles. The molecule has 1 aliphatic rings. The summed E-state index contributed by atoms with van der Waals surface area (Å²) in [5.41, 5.74) is 5.50. The zero-order valence-corrected chi connectivity index (χ0v) is 9.83. The Morgan fingerprint density at radius 2 is 2.20 bits per heavy atom. The molecule has 1 aliphatic carbocycles. The molecule has 1 saturated carbocycles. The third-order valence-electron chi connectivity index (χ3n) is 2.82. The molecule has 0 bridgehead atoms. The molecule has 1 heterocycles. The van der Waals surface area contributed by atoms with Crippen LogP contribution in [0.2, 0.25) is 0 Å². The Labute approximate surface area is 94.9 Å². The molecular weight excluding hydrogens is 206 g/mol. The van der Waals surface area contributed by atoms with E-state index < -0.39 is 0 Å². The average molecular weight is 223 g/mol. The van der Waals surface area contributed by atoms with E-state index in [9.17, 15) is 0 Å². The number of hydrogen-bond donors (Lipinski definition) is 1. The van der Waals surface area contributed by atoms with Gasteiger partial charge in [-0.2, -0.15) is 0 Å². The number of nitrogens with two attached hydrogens (primary N) is 1. The van der Waals surface area contributed by atoms with Crippen molar-refractivity contribution < 1.29 is 0 Å². The fourth-order valence-corrected chi connectivity index (χ4v) is 3.32. The summed E-state index contributed by atoms with van der Waals surface area (Å²) in [4.78, 5) is 8.33. The topological polar surface area (TPSA) is 51.8 Å². The second kappa shape index (κ2) is 4.84. The van der Waals surface area contributed by atoms with Crippen LogP contribution in [0.5, 0.6) is 0 Å². The monoisotopic (exact) mass is 223 g/mol. The summed E-state index contributed by atoms with van der Waals surface area (Å²) >= 11 is 1.85. The fraction of sp³-hybridized carbons (Fsp3) is 0.636. The van der Waals surface area contributed by atoms with Gasteiger partial charge in [0.1, 0.15) is 10.8 Å². The first-order chi connectivity index (χ1) is 7.24. The predicted octanol–water partition coefficient (Wildman–Crippen LogP) is 2.73. The number of aromatic nitrogens is 2. The molecule has 2 unspecified atom stereocenters. The Hall–Kier alpha value is -0.770. The molecular formula is C11H17N3S. The maximum Gasteiger partial charge on any atom is 0.141 e. The lowest BCUT2D eigenvalue weighted by molar-refractivity contribution is 0.394. The van der Waals surface area contributed by atoms with Crippen LogP contribution in [0.25, 0.3) is 0 Å². The van der Waals surface area contributed by atoms with E-state index >= 15 is 0 Å². The zero-order chi connectivity index (χ0) is 10.7. The van der Waals surface area contributed by atoms with Crippen molar-refractivity contribution in [3.8, 4) is 0 Å². The van der Waals surface area contributed by atoms with E-state index in [-0.39, 0.29) is 0 Å². The van der Waals surface area contributed by atoms with Crippen molar-refractivity contribution in [2.45, 2.75) is 42.9 Å². The van der Waals surface area contributed by atoms with Gasteiger partial charge in [-0.3, -0.25) is 0 Å². The van der Waals surface area contributed by atoms with E-state index in [1.807, 2.05) is 11.8 Å². The van der Waals surface area contributed by atoms with Gasteiger partial charge in [-0.25, -0.2) is 9.97 Å². The normalized spacial score (nSPS) is 26.5. The summed E-state index contributed by atoms with van der Waals surface area (Å²) < 4.78 is 0. The molecule has 2 N–H and O–H groups in total. The minimum Gasteiger partial charge on any atom is -0.382 e. The first kappa shape index (κ1) is 10.7. The minimum atomic E-state index is 0.497. The number of thioether (sulfide) groups is 1. The van der Waals surface area contributed by atoms with Crippen LogP contribution in [-0.2, 0) is 0 Å². The van der Waals surface area contributed by atoms with Crippen molar-refractivity contribution in [2.75, 3.05) is 5.73 Å². The van der Waals surface area contributed by atoms with Crippen molar-refractivity contribution in [2.24, 2.45) is 5.92 Å². The number of anilines is 1. The van der Waals surface area contributed by atoms with Crippen molar-refractivity contribution in [3.05, 3.63) is 12.4 Å². The van der Waals surface area contributed by atoms with E-state index in [1.54, 1.807) is 12.4 Å². The molecule has 1 aromatic heterocycles. The van der Waals surface area contributed by atoms with Crippen molar-refractivity contribution in [3.63, 3.8) is 0 Å². The van der Waals surface area contributed by atoms with Gasteiger partial charge in [-0.15, -0.1) is 11.8 Å². The van der Waals surface area contributed by atoms with Crippen molar-refractivity contribution in [1.29, 1.82) is 0 Å². The molecule has 1 aromatic rings. The van der Waals surface area contributed by atoms with Gasteiger partial charge < -0.3 is 5.73 Å². The summed E-state index contributed by atoms with van der Waals surface area (Å²) in [6, 6.07) is 0. The van der Waals surface area contributed by atoms with Gasteiger partial charge in [0.2, 0.25) is 0 Å². The molecule has 2 atom stereocenters.